The molecule has 0 radical (unpaired) electrons. The molecular weight excluding hydrogens is 541 g/mol. The Kier molecular flexibility index (Phi) is 9.11. The molecule has 1 heterocycles. The van der Waals surface area contributed by atoms with Gasteiger partial charge in [0.15, 0.2) is 11.5 Å². The van der Waals surface area contributed by atoms with Crippen LogP contribution in [0.25, 0.3) is 6.08 Å². The number of hydrogen-bond donors (Lipinski definition) is 1. The molecule has 2 aromatic carbocycles. The summed E-state index contributed by atoms with van der Waals surface area (Å²) >= 11 is 4.44. The van der Waals surface area contributed by atoms with Gasteiger partial charge in [-0.1, -0.05) is 36.9 Å². The number of thioether (sulfide) groups is 1. The van der Waals surface area contributed by atoms with Crippen LogP contribution in [0.5, 0.6) is 11.5 Å². The number of esters is 1. The smallest absolute Gasteiger partial charge is 0.344 e. The van der Waals surface area contributed by atoms with Crippen LogP contribution >= 0.6 is 27.7 Å². The van der Waals surface area contributed by atoms with Crippen molar-refractivity contribution >= 4 is 50.7 Å². The Morgan fingerprint density at radius 1 is 1.23 bits per heavy atom. The highest BCUT2D eigenvalue weighted by Crippen LogP contribution is 2.42. The predicted octanol–water partition coefficient (Wildman–Crippen LogP) is 5.97. The molecule has 0 saturated heterocycles. The second-order valence-electron chi connectivity index (χ2n) is 7.13. The van der Waals surface area contributed by atoms with Gasteiger partial charge in [-0.3, -0.25) is 4.79 Å². The third kappa shape index (κ3) is 6.32. The minimum absolute atomic E-state index is 0.00434. The van der Waals surface area contributed by atoms with Crippen molar-refractivity contribution < 1.29 is 33.3 Å². The molecule has 0 bridgehead atoms. The quantitative estimate of drug-likeness (QED) is 0.395. The van der Waals surface area contributed by atoms with Crippen molar-refractivity contribution in [1.82, 2.24) is 0 Å². The lowest BCUT2D eigenvalue weighted by molar-refractivity contribution is -0.138. The molecule has 0 aliphatic carbocycles. The summed E-state index contributed by atoms with van der Waals surface area (Å²) in [5, 5.41) is 10.8. The number of halogens is 2. The van der Waals surface area contributed by atoms with E-state index in [0.717, 1.165) is 11.8 Å². The molecule has 1 amide bonds. The van der Waals surface area contributed by atoms with E-state index < -0.39 is 11.9 Å². The summed E-state index contributed by atoms with van der Waals surface area (Å²) in [5.41, 5.74) is 0.845. The van der Waals surface area contributed by atoms with Gasteiger partial charge in [-0.25, -0.2) is 14.2 Å². The lowest BCUT2D eigenvalue weighted by Gasteiger charge is -2.14. The summed E-state index contributed by atoms with van der Waals surface area (Å²) in [4.78, 5) is 28.5. The van der Waals surface area contributed by atoms with Gasteiger partial charge in [-0.05, 0) is 52.7 Å². The topological polar surface area (TPSA) is 94.4 Å². The fourth-order valence-corrected chi connectivity index (χ4v) is 4.67. The van der Waals surface area contributed by atoms with Crippen molar-refractivity contribution in [3.63, 3.8) is 0 Å². The van der Waals surface area contributed by atoms with Gasteiger partial charge in [-0.15, -0.1) is 0 Å². The number of rotatable bonds is 8. The van der Waals surface area contributed by atoms with Gasteiger partial charge in [0.25, 0.3) is 0 Å². The number of aliphatic imine (C=N–C) groups is 1. The molecule has 2 aromatic rings. The SMILES string of the molecule is CCOC(=O)C1=C(O)/C(=C/c2cc(Br)c(OCc3ccccc3F)c(OC)c2)SC1=NC(=O)CC. The molecule has 1 aliphatic rings. The van der Waals surface area contributed by atoms with E-state index in [0.29, 0.717) is 32.0 Å². The van der Waals surface area contributed by atoms with Crippen LogP contribution in [0.3, 0.4) is 0 Å². The van der Waals surface area contributed by atoms with Crippen LogP contribution in [0.4, 0.5) is 4.39 Å². The number of aliphatic hydroxyl groups excluding tert-OH is 1. The zero-order chi connectivity index (χ0) is 25.5. The number of benzene rings is 2. The average Bonchev–Trinajstić information content (AvgIpc) is 3.13. The van der Waals surface area contributed by atoms with E-state index in [1.165, 1.54) is 13.2 Å². The minimum Gasteiger partial charge on any atom is -0.506 e. The Labute approximate surface area is 214 Å². The Morgan fingerprint density at radius 2 is 1.97 bits per heavy atom. The largest absolute Gasteiger partial charge is 0.506 e. The monoisotopic (exact) mass is 563 g/mol. The zero-order valence-corrected chi connectivity index (χ0v) is 21.7. The summed E-state index contributed by atoms with van der Waals surface area (Å²) in [6.45, 7) is 3.39. The van der Waals surface area contributed by atoms with Gasteiger partial charge in [0.2, 0.25) is 5.91 Å². The number of hydrogen-bond acceptors (Lipinski definition) is 7. The molecule has 184 valence electrons. The zero-order valence-electron chi connectivity index (χ0n) is 19.3. The molecule has 0 atom stereocenters. The average molecular weight is 564 g/mol. The van der Waals surface area contributed by atoms with Crippen molar-refractivity contribution in [2.45, 2.75) is 26.9 Å². The highest BCUT2D eigenvalue weighted by molar-refractivity contribution is 9.10. The molecule has 1 N–H and O–H groups in total. The maximum Gasteiger partial charge on any atom is 0.344 e. The number of carbonyl (C=O) groups excluding carboxylic acids is 2. The first-order valence-corrected chi connectivity index (χ1v) is 12.3. The molecule has 0 aromatic heterocycles. The first-order valence-electron chi connectivity index (χ1n) is 10.6. The number of carbonyl (C=O) groups is 2. The van der Waals surface area contributed by atoms with Crippen LogP contribution in [-0.2, 0) is 20.9 Å². The Bertz CT molecular complexity index is 1240. The maximum atomic E-state index is 13.9. The first kappa shape index (κ1) is 26.5. The first-order chi connectivity index (χ1) is 16.8. The molecule has 0 saturated carbocycles. The highest BCUT2D eigenvalue weighted by Gasteiger charge is 2.33. The van der Waals surface area contributed by atoms with Gasteiger partial charge < -0.3 is 19.3 Å². The Balaban J connectivity index is 1.95. The second kappa shape index (κ2) is 12.0. The molecule has 10 heteroatoms. The molecule has 0 unspecified atom stereocenters. The van der Waals surface area contributed by atoms with Crippen molar-refractivity contribution in [1.29, 1.82) is 0 Å². The molecule has 1 aliphatic heterocycles. The fraction of sp³-hybridized carbons (Fsp3) is 0.240. The summed E-state index contributed by atoms with van der Waals surface area (Å²) in [5.74, 6) is -1.15. The third-order valence-corrected chi connectivity index (χ3v) is 6.39. The van der Waals surface area contributed by atoms with Gasteiger partial charge in [-0.2, -0.15) is 0 Å². The lowest BCUT2D eigenvalue weighted by atomic mass is 10.1. The number of methoxy groups -OCH3 is 1. The molecule has 0 fully saturated rings. The number of nitrogens with zero attached hydrogens (tertiary/aromatic N) is 1. The van der Waals surface area contributed by atoms with Crippen molar-refractivity contribution in [3.05, 3.63) is 74.1 Å². The number of aliphatic hydroxyl groups is 1. The normalized spacial score (nSPS) is 15.6. The molecule has 7 nitrogen and oxygen atoms in total. The standard InChI is InChI=1S/C25H23BrFNO6S/c1-4-20(29)28-24-21(25(31)33-5-2)22(30)19(35-24)12-14-10-16(26)23(18(11-14)32-3)34-13-15-8-6-7-9-17(15)27/h6-12,30H,4-5,13H2,1-3H3/b19-12-,28-24?. The van der Waals surface area contributed by atoms with Crippen molar-refractivity contribution in [3.8, 4) is 11.5 Å². The second-order valence-corrected chi connectivity index (χ2v) is 9.02. The number of amides is 1. The van der Waals surface area contributed by atoms with E-state index in [9.17, 15) is 19.1 Å². The Hall–Kier alpha value is -3.11. The molecule has 0 spiro atoms. The van der Waals surface area contributed by atoms with Crippen LogP contribution < -0.4 is 9.47 Å². The highest BCUT2D eigenvalue weighted by atomic mass is 79.9. The lowest BCUT2D eigenvalue weighted by Crippen LogP contribution is -2.14. The summed E-state index contributed by atoms with van der Waals surface area (Å²) in [7, 11) is 1.47. The summed E-state index contributed by atoms with van der Waals surface area (Å²) in [6.07, 6.45) is 1.77. The van der Waals surface area contributed by atoms with E-state index in [4.69, 9.17) is 14.2 Å². The van der Waals surface area contributed by atoms with Gasteiger partial charge in [0, 0.05) is 12.0 Å². The van der Waals surface area contributed by atoms with Gasteiger partial charge in [0.05, 0.1) is 23.1 Å². The van der Waals surface area contributed by atoms with Crippen LogP contribution in [0.2, 0.25) is 0 Å². The van der Waals surface area contributed by atoms with E-state index in [2.05, 4.69) is 20.9 Å². The van der Waals surface area contributed by atoms with Crippen LogP contribution in [0.15, 0.2) is 62.1 Å². The van der Waals surface area contributed by atoms with E-state index in [1.807, 2.05) is 0 Å². The minimum atomic E-state index is -0.765. The van der Waals surface area contributed by atoms with Gasteiger partial charge >= 0.3 is 5.97 Å². The molecule has 3 rings (SSSR count). The Morgan fingerprint density at radius 3 is 2.63 bits per heavy atom. The van der Waals surface area contributed by atoms with E-state index >= 15 is 0 Å². The fourth-order valence-electron chi connectivity index (χ4n) is 3.06. The third-order valence-electron chi connectivity index (χ3n) is 4.78. The van der Waals surface area contributed by atoms with Crippen molar-refractivity contribution in [2.75, 3.05) is 13.7 Å². The van der Waals surface area contributed by atoms with E-state index in [1.54, 1.807) is 50.3 Å². The summed E-state index contributed by atoms with van der Waals surface area (Å²) < 4.78 is 30.8. The van der Waals surface area contributed by atoms with Crippen LogP contribution in [0, 0.1) is 5.82 Å². The summed E-state index contributed by atoms with van der Waals surface area (Å²) in [6, 6.07) is 9.69. The van der Waals surface area contributed by atoms with E-state index in [-0.39, 0.29) is 41.8 Å². The molecule has 35 heavy (non-hydrogen) atoms. The van der Waals surface area contributed by atoms with Crippen molar-refractivity contribution in [2.24, 2.45) is 4.99 Å². The van der Waals surface area contributed by atoms with Gasteiger partial charge in [0.1, 0.15) is 28.8 Å². The predicted molar refractivity (Wildman–Crippen MR) is 136 cm³/mol. The number of ether oxygens (including phenoxy) is 3. The maximum absolute atomic E-state index is 13.9. The van der Waals surface area contributed by atoms with Crippen LogP contribution in [0.1, 0.15) is 31.4 Å². The van der Waals surface area contributed by atoms with Crippen LogP contribution in [-0.4, -0.2) is 35.7 Å². The molecular formula is C25H23BrFNO6S.